The number of hydrogen-bond acceptors (Lipinski definition) is 3. The Morgan fingerprint density at radius 2 is 2.28 bits per heavy atom. The van der Waals surface area contributed by atoms with Crippen molar-refractivity contribution in [3.63, 3.8) is 0 Å². The molecule has 4 nitrogen and oxygen atoms in total. The first-order valence-electron chi connectivity index (χ1n) is 6.35. The molecule has 1 aliphatic rings. The molecular weight excluding hydrogens is 230 g/mol. The van der Waals surface area contributed by atoms with Gasteiger partial charge in [-0.2, -0.15) is 0 Å². The van der Waals surface area contributed by atoms with Crippen molar-refractivity contribution in [2.45, 2.75) is 38.6 Å². The Labute approximate surface area is 107 Å². The zero-order valence-corrected chi connectivity index (χ0v) is 10.6. The molecule has 0 bridgehead atoms. The summed E-state index contributed by atoms with van der Waals surface area (Å²) in [6.07, 6.45) is 2.40. The van der Waals surface area contributed by atoms with Crippen LogP contribution in [0.3, 0.4) is 0 Å². The van der Waals surface area contributed by atoms with Crippen LogP contribution in [0.15, 0.2) is 12.1 Å². The fourth-order valence-corrected chi connectivity index (χ4v) is 2.54. The van der Waals surface area contributed by atoms with Crippen LogP contribution in [0.5, 0.6) is 5.75 Å². The van der Waals surface area contributed by atoms with Crippen LogP contribution in [0.4, 0.5) is 0 Å². The lowest BCUT2D eigenvalue weighted by Crippen LogP contribution is -2.19. The third-order valence-corrected chi connectivity index (χ3v) is 3.28. The first-order chi connectivity index (χ1) is 8.60. The summed E-state index contributed by atoms with van der Waals surface area (Å²) >= 11 is 0. The van der Waals surface area contributed by atoms with Gasteiger partial charge < -0.3 is 15.6 Å². The summed E-state index contributed by atoms with van der Waals surface area (Å²) < 4.78 is 5.53. The van der Waals surface area contributed by atoms with Crippen molar-refractivity contribution in [1.82, 2.24) is 0 Å². The van der Waals surface area contributed by atoms with Gasteiger partial charge in [0.25, 0.3) is 0 Å². The van der Waals surface area contributed by atoms with E-state index in [1.54, 1.807) is 0 Å². The Morgan fingerprint density at radius 3 is 2.94 bits per heavy atom. The van der Waals surface area contributed by atoms with Gasteiger partial charge in [-0.1, -0.05) is 0 Å². The van der Waals surface area contributed by atoms with Gasteiger partial charge in [-0.3, -0.25) is 4.79 Å². The molecule has 0 fully saturated rings. The molecule has 3 N–H and O–H groups in total. The van der Waals surface area contributed by atoms with E-state index in [4.69, 9.17) is 15.6 Å². The molecule has 0 saturated heterocycles. The van der Waals surface area contributed by atoms with Crippen molar-refractivity contribution in [2.24, 2.45) is 5.73 Å². The molecule has 0 aromatic heterocycles. The number of rotatable bonds is 5. The lowest BCUT2D eigenvalue weighted by molar-refractivity contribution is -0.136. The number of ether oxygens (including phenoxy) is 1. The number of fused-ring (bicyclic) bond motifs is 1. The van der Waals surface area contributed by atoms with Crippen LogP contribution >= 0.6 is 0 Å². The van der Waals surface area contributed by atoms with E-state index in [1.165, 1.54) is 11.1 Å². The standard InChI is InChI=1S/C14H19NO3/c1-2-18-12-6-9(3-4-14(16)17)13-8-11(15)5-10(13)7-12/h6-7,11H,2-5,8,15H2,1H3,(H,16,17). The third kappa shape index (κ3) is 2.82. The maximum absolute atomic E-state index is 10.7. The average Bonchev–Trinajstić information content (AvgIpc) is 2.66. The van der Waals surface area contributed by atoms with E-state index >= 15 is 0 Å². The smallest absolute Gasteiger partial charge is 0.303 e. The van der Waals surface area contributed by atoms with E-state index in [9.17, 15) is 4.79 Å². The highest BCUT2D eigenvalue weighted by atomic mass is 16.5. The summed E-state index contributed by atoms with van der Waals surface area (Å²) in [7, 11) is 0. The van der Waals surface area contributed by atoms with Gasteiger partial charge in [-0.05, 0) is 55.0 Å². The van der Waals surface area contributed by atoms with Crippen LogP contribution in [0, 0.1) is 0 Å². The van der Waals surface area contributed by atoms with Gasteiger partial charge in [0, 0.05) is 12.5 Å². The Kier molecular flexibility index (Phi) is 3.87. The van der Waals surface area contributed by atoms with Crippen molar-refractivity contribution >= 4 is 5.97 Å². The van der Waals surface area contributed by atoms with Crippen LogP contribution in [0.25, 0.3) is 0 Å². The second-order valence-corrected chi connectivity index (χ2v) is 4.72. The minimum atomic E-state index is -0.771. The molecule has 0 radical (unpaired) electrons. The number of aliphatic carboxylic acids is 1. The van der Waals surface area contributed by atoms with Crippen molar-refractivity contribution < 1.29 is 14.6 Å². The molecule has 2 rings (SSSR count). The molecule has 1 aliphatic carbocycles. The number of nitrogens with two attached hydrogens (primary N) is 1. The fourth-order valence-electron chi connectivity index (χ4n) is 2.54. The Balaban J connectivity index is 2.28. The molecule has 98 valence electrons. The van der Waals surface area contributed by atoms with Crippen LogP contribution in [0.1, 0.15) is 30.0 Å². The van der Waals surface area contributed by atoms with E-state index in [1.807, 2.05) is 19.1 Å². The summed E-state index contributed by atoms with van der Waals surface area (Å²) in [5.74, 6) is 0.0543. The van der Waals surface area contributed by atoms with E-state index < -0.39 is 5.97 Å². The molecule has 1 unspecified atom stereocenters. The minimum Gasteiger partial charge on any atom is -0.494 e. The van der Waals surface area contributed by atoms with E-state index in [0.717, 1.165) is 24.2 Å². The number of carboxylic acid groups (broad SMARTS) is 1. The van der Waals surface area contributed by atoms with Gasteiger partial charge in [0.05, 0.1) is 6.61 Å². The molecule has 4 heteroatoms. The predicted octanol–water partition coefficient (Wildman–Crippen LogP) is 1.53. The second-order valence-electron chi connectivity index (χ2n) is 4.72. The maximum atomic E-state index is 10.7. The summed E-state index contributed by atoms with van der Waals surface area (Å²) in [6, 6.07) is 4.15. The SMILES string of the molecule is CCOc1cc(CCC(=O)O)c2c(c1)CC(N)C2. The topological polar surface area (TPSA) is 72.5 Å². The average molecular weight is 249 g/mol. The van der Waals surface area contributed by atoms with Crippen molar-refractivity contribution in [3.8, 4) is 5.75 Å². The highest BCUT2D eigenvalue weighted by Gasteiger charge is 2.22. The molecular formula is C14H19NO3. The zero-order chi connectivity index (χ0) is 13.1. The number of hydrogen-bond donors (Lipinski definition) is 2. The van der Waals surface area contributed by atoms with Crippen LogP contribution in [0.2, 0.25) is 0 Å². The molecule has 0 saturated carbocycles. The van der Waals surface area contributed by atoms with Gasteiger partial charge in [0.2, 0.25) is 0 Å². The number of carboxylic acids is 1. The molecule has 1 atom stereocenters. The molecule has 0 amide bonds. The molecule has 0 spiro atoms. The fraction of sp³-hybridized carbons (Fsp3) is 0.500. The quantitative estimate of drug-likeness (QED) is 0.830. The molecule has 0 aliphatic heterocycles. The Hall–Kier alpha value is -1.55. The summed E-state index contributed by atoms with van der Waals surface area (Å²) in [6.45, 7) is 2.55. The van der Waals surface area contributed by atoms with Crippen LogP contribution < -0.4 is 10.5 Å². The van der Waals surface area contributed by atoms with E-state index in [-0.39, 0.29) is 12.5 Å². The molecule has 18 heavy (non-hydrogen) atoms. The zero-order valence-electron chi connectivity index (χ0n) is 10.6. The molecule has 1 aromatic rings. The lowest BCUT2D eigenvalue weighted by atomic mass is 9.99. The molecule has 0 heterocycles. The molecule has 1 aromatic carbocycles. The van der Waals surface area contributed by atoms with Crippen molar-refractivity contribution in [1.29, 1.82) is 0 Å². The second kappa shape index (κ2) is 5.40. The number of carbonyl (C=O) groups is 1. The lowest BCUT2D eigenvalue weighted by Gasteiger charge is -2.11. The first-order valence-corrected chi connectivity index (χ1v) is 6.35. The first kappa shape index (κ1) is 12.9. The Morgan fingerprint density at radius 1 is 1.50 bits per heavy atom. The van der Waals surface area contributed by atoms with E-state index in [2.05, 4.69) is 0 Å². The summed E-state index contributed by atoms with van der Waals surface area (Å²) in [4.78, 5) is 10.7. The van der Waals surface area contributed by atoms with Crippen LogP contribution in [-0.4, -0.2) is 23.7 Å². The van der Waals surface area contributed by atoms with Gasteiger partial charge in [0.15, 0.2) is 0 Å². The highest BCUT2D eigenvalue weighted by Crippen LogP contribution is 2.30. The third-order valence-electron chi connectivity index (χ3n) is 3.28. The van der Waals surface area contributed by atoms with Gasteiger partial charge in [-0.15, -0.1) is 0 Å². The normalized spacial score (nSPS) is 17.6. The minimum absolute atomic E-state index is 0.150. The van der Waals surface area contributed by atoms with Crippen LogP contribution in [-0.2, 0) is 24.1 Å². The highest BCUT2D eigenvalue weighted by molar-refractivity contribution is 5.67. The van der Waals surface area contributed by atoms with E-state index in [0.29, 0.717) is 13.0 Å². The van der Waals surface area contributed by atoms with Crippen molar-refractivity contribution in [2.75, 3.05) is 6.61 Å². The maximum Gasteiger partial charge on any atom is 0.303 e. The summed E-state index contributed by atoms with van der Waals surface area (Å²) in [5, 5.41) is 8.79. The number of benzene rings is 1. The largest absolute Gasteiger partial charge is 0.494 e. The Bertz CT molecular complexity index is 457. The number of aryl methyl sites for hydroxylation is 1. The van der Waals surface area contributed by atoms with Gasteiger partial charge >= 0.3 is 5.97 Å². The van der Waals surface area contributed by atoms with Crippen molar-refractivity contribution in [3.05, 3.63) is 28.8 Å². The summed E-state index contributed by atoms with van der Waals surface area (Å²) in [5.41, 5.74) is 9.50. The van der Waals surface area contributed by atoms with Gasteiger partial charge in [-0.25, -0.2) is 0 Å². The predicted molar refractivity (Wildman–Crippen MR) is 69.0 cm³/mol. The van der Waals surface area contributed by atoms with Gasteiger partial charge in [0.1, 0.15) is 5.75 Å². The monoisotopic (exact) mass is 249 g/mol.